The zero-order chi connectivity index (χ0) is 20.5. The van der Waals surface area contributed by atoms with Crippen molar-refractivity contribution in [2.45, 2.75) is 25.8 Å². The van der Waals surface area contributed by atoms with Crippen LogP contribution in [0.25, 0.3) is 0 Å². The Morgan fingerprint density at radius 1 is 0.724 bits per heavy atom. The Bertz CT molecular complexity index is 807. The maximum atomic E-state index is 13.2. The van der Waals surface area contributed by atoms with Gasteiger partial charge in [0.15, 0.2) is 0 Å². The Hall–Kier alpha value is -2.60. The number of benzene rings is 3. The first-order chi connectivity index (χ1) is 14.1. The molecule has 0 saturated heterocycles. The third kappa shape index (κ3) is 7.38. The third-order valence-corrected chi connectivity index (χ3v) is 4.53. The molecule has 0 radical (unpaired) electrons. The molecule has 1 N–H and O–H groups in total. The first-order valence-electron chi connectivity index (χ1n) is 9.59. The summed E-state index contributed by atoms with van der Waals surface area (Å²) in [6.45, 7) is 2.09. The van der Waals surface area contributed by atoms with Crippen molar-refractivity contribution in [1.29, 1.82) is 0 Å². The molecular weight excluding hydrogens is 372 g/mol. The first-order valence-corrected chi connectivity index (χ1v) is 9.59. The second kappa shape index (κ2) is 10.8. The van der Waals surface area contributed by atoms with Crippen LogP contribution in [0.15, 0.2) is 78.9 Å². The van der Waals surface area contributed by atoms with E-state index in [1.807, 2.05) is 35.2 Å². The van der Waals surface area contributed by atoms with Gasteiger partial charge in [-0.2, -0.15) is 0 Å². The van der Waals surface area contributed by atoms with Gasteiger partial charge in [0.05, 0.1) is 19.3 Å². The predicted molar refractivity (Wildman–Crippen MR) is 109 cm³/mol. The highest BCUT2D eigenvalue weighted by Gasteiger charge is 2.14. The number of hydrogen-bond acceptors (Lipinski definition) is 3. The highest BCUT2D eigenvalue weighted by molar-refractivity contribution is 5.18. The summed E-state index contributed by atoms with van der Waals surface area (Å²) in [7, 11) is 0. The van der Waals surface area contributed by atoms with Crippen molar-refractivity contribution in [1.82, 2.24) is 4.90 Å². The number of halogens is 2. The molecule has 0 spiro atoms. The topological polar surface area (TPSA) is 32.7 Å². The number of aliphatic hydroxyl groups excluding tert-OH is 1. The Morgan fingerprint density at radius 2 is 1.24 bits per heavy atom. The monoisotopic (exact) mass is 397 g/mol. The van der Waals surface area contributed by atoms with Crippen molar-refractivity contribution in [3.8, 4) is 0 Å². The molecule has 0 heterocycles. The van der Waals surface area contributed by atoms with Crippen LogP contribution in [0.2, 0.25) is 0 Å². The molecule has 5 heteroatoms. The first kappa shape index (κ1) is 21.1. The Balaban J connectivity index is 1.58. The van der Waals surface area contributed by atoms with E-state index in [4.69, 9.17) is 4.74 Å². The lowest BCUT2D eigenvalue weighted by Gasteiger charge is -2.25. The maximum Gasteiger partial charge on any atom is 0.123 e. The molecule has 0 aliphatic rings. The van der Waals surface area contributed by atoms with Gasteiger partial charge in [-0.3, -0.25) is 4.90 Å². The molecule has 29 heavy (non-hydrogen) atoms. The summed E-state index contributed by atoms with van der Waals surface area (Å²) in [6.07, 6.45) is -0.681. The third-order valence-electron chi connectivity index (χ3n) is 4.53. The van der Waals surface area contributed by atoms with E-state index < -0.39 is 6.10 Å². The van der Waals surface area contributed by atoms with Gasteiger partial charge in [-0.15, -0.1) is 0 Å². The fourth-order valence-corrected chi connectivity index (χ4v) is 3.12. The zero-order valence-electron chi connectivity index (χ0n) is 16.2. The lowest BCUT2D eigenvalue weighted by atomic mass is 10.1. The summed E-state index contributed by atoms with van der Waals surface area (Å²) in [5, 5.41) is 10.5. The second-order valence-electron chi connectivity index (χ2n) is 7.08. The largest absolute Gasteiger partial charge is 0.389 e. The van der Waals surface area contributed by atoms with Crippen molar-refractivity contribution in [3.05, 3.63) is 107 Å². The Kier molecular flexibility index (Phi) is 7.87. The maximum absolute atomic E-state index is 13.2. The molecule has 0 aromatic heterocycles. The summed E-state index contributed by atoms with van der Waals surface area (Å²) in [5.74, 6) is -0.568. The van der Waals surface area contributed by atoms with Crippen molar-refractivity contribution >= 4 is 0 Å². The fourth-order valence-electron chi connectivity index (χ4n) is 3.12. The molecular formula is C24H25F2NO2. The minimum atomic E-state index is -0.681. The average molecular weight is 397 g/mol. The Labute approximate surface area is 170 Å². The molecule has 3 nitrogen and oxygen atoms in total. The molecule has 0 bridgehead atoms. The molecule has 3 aromatic rings. The summed E-state index contributed by atoms with van der Waals surface area (Å²) >= 11 is 0. The smallest absolute Gasteiger partial charge is 0.123 e. The van der Waals surface area contributed by atoms with E-state index >= 15 is 0 Å². The van der Waals surface area contributed by atoms with E-state index in [1.54, 1.807) is 24.3 Å². The van der Waals surface area contributed by atoms with Gasteiger partial charge in [0.1, 0.15) is 11.6 Å². The number of aliphatic hydroxyl groups is 1. The van der Waals surface area contributed by atoms with Gasteiger partial charge in [0, 0.05) is 19.6 Å². The molecule has 0 fully saturated rings. The van der Waals surface area contributed by atoms with E-state index in [1.165, 1.54) is 24.3 Å². The molecule has 1 unspecified atom stereocenters. The van der Waals surface area contributed by atoms with Crippen LogP contribution in [0.3, 0.4) is 0 Å². The number of ether oxygens (including phenoxy) is 1. The summed E-state index contributed by atoms with van der Waals surface area (Å²) in [5.41, 5.74) is 2.92. The van der Waals surface area contributed by atoms with Crippen molar-refractivity contribution in [3.63, 3.8) is 0 Å². The second-order valence-corrected chi connectivity index (χ2v) is 7.08. The lowest BCUT2D eigenvalue weighted by Crippen LogP contribution is -2.34. The normalized spacial score (nSPS) is 12.3. The molecule has 3 rings (SSSR count). The summed E-state index contributed by atoms with van der Waals surface area (Å²) in [4.78, 5) is 2.04. The van der Waals surface area contributed by atoms with Crippen LogP contribution >= 0.6 is 0 Å². The highest BCUT2D eigenvalue weighted by Crippen LogP contribution is 2.13. The van der Waals surface area contributed by atoms with Gasteiger partial charge < -0.3 is 9.84 Å². The summed E-state index contributed by atoms with van der Waals surface area (Å²) < 4.78 is 32.0. The molecule has 0 aliphatic heterocycles. The number of rotatable bonds is 10. The summed E-state index contributed by atoms with van der Waals surface area (Å²) in [6, 6.07) is 22.4. The van der Waals surface area contributed by atoms with Gasteiger partial charge in [0.2, 0.25) is 0 Å². The van der Waals surface area contributed by atoms with Gasteiger partial charge in [0.25, 0.3) is 0 Å². The van der Waals surface area contributed by atoms with Crippen LogP contribution in [-0.4, -0.2) is 29.3 Å². The van der Waals surface area contributed by atoms with Crippen molar-refractivity contribution in [2.24, 2.45) is 0 Å². The minimum Gasteiger partial charge on any atom is -0.389 e. The number of nitrogens with zero attached hydrogens (tertiary/aromatic N) is 1. The predicted octanol–water partition coefficient (Wildman–Crippen LogP) is 4.54. The van der Waals surface area contributed by atoms with Crippen molar-refractivity contribution in [2.75, 3.05) is 13.2 Å². The standard InChI is InChI=1S/C24H25F2NO2/c25-22-10-6-19(7-11-22)14-27(15-20-8-12-23(26)13-9-20)16-24(28)18-29-17-21-4-2-1-3-5-21/h1-13,24,28H,14-18H2. The molecule has 0 amide bonds. The quantitative estimate of drug-likeness (QED) is 0.545. The highest BCUT2D eigenvalue weighted by atomic mass is 19.1. The molecule has 3 aromatic carbocycles. The van der Waals surface area contributed by atoms with E-state index in [9.17, 15) is 13.9 Å². The number of hydrogen-bond donors (Lipinski definition) is 1. The van der Waals surface area contributed by atoms with Crippen LogP contribution in [0, 0.1) is 11.6 Å². The lowest BCUT2D eigenvalue weighted by molar-refractivity contribution is 0.00712. The van der Waals surface area contributed by atoms with E-state index in [-0.39, 0.29) is 18.2 Å². The van der Waals surface area contributed by atoms with Gasteiger partial charge >= 0.3 is 0 Å². The zero-order valence-corrected chi connectivity index (χ0v) is 16.2. The molecule has 0 aliphatic carbocycles. The molecule has 0 saturated carbocycles. The van der Waals surface area contributed by atoms with E-state index in [0.29, 0.717) is 26.2 Å². The van der Waals surface area contributed by atoms with Gasteiger partial charge in [-0.25, -0.2) is 8.78 Å². The SMILES string of the molecule is OC(COCc1ccccc1)CN(Cc1ccc(F)cc1)Cc1ccc(F)cc1. The average Bonchev–Trinajstić information content (AvgIpc) is 2.72. The van der Waals surface area contributed by atoms with Crippen LogP contribution in [0.4, 0.5) is 8.78 Å². The molecule has 152 valence electrons. The van der Waals surface area contributed by atoms with E-state index in [0.717, 1.165) is 16.7 Å². The van der Waals surface area contributed by atoms with Crippen LogP contribution in [0.5, 0.6) is 0 Å². The van der Waals surface area contributed by atoms with Gasteiger partial charge in [-0.05, 0) is 41.0 Å². The Morgan fingerprint density at radius 3 is 1.76 bits per heavy atom. The van der Waals surface area contributed by atoms with Gasteiger partial charge in [-0.1, -0.05) is 54.6 Å². The molecule has 1 atom stereocenters. The van der Waals surface area contributed by atoms with Crippen molar-refractivity contribution < 1.29 is 18.6 Å². The van der Waals surface area contributed by atoms with Crippen LogP contribution in [-0.2, 0) is 24.4 Å². The minimum absolute atomic E-state index is 0.207. The fraction of sp³-hybridized carbons (Fsp3) is 0.250. The van der Waals surface area contributed by atoms with E-state index in [2.05, 4.69) is 0 Å². The van der Waals surface area contributed by atoms with Crippen LogP contribution in [0.1, 0.15) is 16.7 Å². The van der Waals surface area contributed by atoms with Crippen LogP contribution < -0.4 is 0 Å².